The summed E-state index contributed by atoms with van der Waals surface area (Å²) < 4.78 is 40.6. The average molecular weight is 419 g/mol. The van der Waals surface area contributed by atoms with Crippen LogP contribution < -0.4 is 9.80 Å². The molecule has 0 spiro atoms. The van der Waals surface area contributed by atoms with Crippen LogP contribution in [0.15, 0.2) is 18.2 Å². The zero-order valence-electron chi connectivity index (χ0n) is 16.9. The highest BCUT2D eigenvalue weighted by atomic mass is 19.2. The topological polar surface area (TPSA) is 52.6 Å². The first-order valence-electron chi connectivity index (χ1n) is 10.2. The molecular weight excluding hydrogens is 395 g/mol. The van der Waals surface area contributed by atoms with Gasteiger partial charge in [-0.1, -0.05) is 0 Å². The van der Waals surface area contributed by atoms with Crippen molar-refractivity contribution < 1.29 is 18.0 Å². The fraction of sp³-hybridized carbons (Fsp3) is 0.476. The second-order valence-electron chi connectivity index (χ2n) is 7.68. The Labute approximate surface area is 173 Å². The van der Waals surface area contributed by atoms with Crippen LogP contribution >= 0.6 is 0 Å². The van der Waals surface area contributed by atoms with E-state index in [-0.39, 0.29) is 0 Å². The molecule has 0 unspecified atom stereocenters. The number of carbonyl (C=O) groups excluding carboxylic acids is 1. The molecule has 6 nitrogen and oxygen atoms in total. The molecule has 3 heterocycles. The average Bonchev–Trinajstić information content (AvgIpc) is 2.77. The largest absolute Gasteiger partial charge is 0.356 e. The molecule has 4 rings (SSSR count). The highest BCUT2D eigenvalue weighted by molar-refractivity contribution is 5.94. The van der Waals surface area contributed by atoms with Crippen molar-refractivity contribution in [1.82, 2.24) is 14.9 Å². The molecule has 2 fully saturated rings. The molecule has 2 aliphatic rings. The SMILES string of the molecule is Cc1nc(N2CCCCC2)cc(N2CCN(C(=O)c3ccc(F)c(F)c3F)CC2)n1. The summed E-state index contributed by atoms with van der Waals surface area (Å²) in [6.45, 7) is 5.51. The van der Waals surface area contributed by atoms with Crippen LogP contribution in [0, 0.1) is 24.4 Å². The number of anilines is 2. The summed E-state index contributed by atoms with van der Waals surface area (Å²) in [7, 11) is 0. The van der Waals surface area contributed by atoms with E-state index < -0.39 is 28.9 Å². The highest BCUT2D eigenvalue weighted by Gasteiger charge is 2.27. The molecule has 1 aromatic carbocycles. The molecule has 1 amide bonds. The number of halogens is 3. The van der Waals surface area contributed by atoms with Crippen molar-refractivity contribution in [2.75, 3.05) is 49.1 Å². The molecule has 2 aromatic rings. The highest BCUT2D eigenvalue weighted by Crippen LogP contribution is 2.24. The van der Waals surface area contributed by atoms with Gasteiger partial charge in [-0.2, -0.15) is 0 Å². The minimum Gasteiger partial charge on any atom is -0.356 e. The lowest BCUT2D eigenvalue weighted by molar-refractivity contribution is 0.0740. The van der Waals surface area contributed by atoms with Crippen LogP contribution in [0.2, 0.25) is 0 Å². The van der Waals surface area contributed by atoms with Gasteiger partial charge < -0.3 is 14.7 Å². The van der Waals surface area contributed by atoms with Crippen LogP contribution in [0.5, 0.6) is 0 Å². The third-order valence-electron chi connectivity index (χ3n) is 5.65. The predicted molar refractivity (Wildman–Crippen MR) is 107 cm³/mol. The number of hydrogen-bond donors (Lipinski definition) is 0. The number of hydrogen-bond acceptors (Lipinski definition) is 5. The van der Waals surface area contributed by atoms with E-state index in [1.54, 1.807) is 0 Å². The van der Waals surface area contributed by atoms with E-state index in [9.17, 15) is 18.0 Å². The summed E-state index contributed by atoms with van der Waals surface area (Å²) in [6, 6.07) is 3.74. The summed E-state index contributed by atoms with van der Waals surface area (Å²) in [5.74, 6) is -2.61. The summed E-state index contributed by atoms with van der Waals surface area (Å²) in [6.07, 6.45) is 3.54. The second kappa shape index (κ2) is 8.49. The second-order valence-corrected chi connectivity index (χ2v) is 7.68. The van der Waals surface area contributed by atoms with Gasteiger partial charge in [-0.25, -0.2) is 23.1 Å². The fourth-order valence-corrected chi connectivity index (χ4v) is 3.98. The first kappa shape index (κ1) is 20.4. The maximum atomic E-state index is 14.0. The lowest BCUT2D eigenvalue weighted by atomic mass is 10.1. The van der Waals surface area contributed by atoms with Crippen LogP contribution in [0.4, 0.5) is 24.8 Å². The van der Waals surface area contributed by atoms with Crippen molar-refractivity contribution in [3.05, 3.63) is 47.0 Å². The molecular formula is C21H24F3N5O. The lowest BCUT2D eigenvalue weighted by Gasteiger charge is -2.36. The molecule has 9 heteroatoms. The van der Waals surface area contributed by atoms with Crippen LogP contribution in [0.25, 0.3) is 0 Å². The summed E-state index contributed by atoms with van der Waals surface area (Å²) >= 11 is 0. The third kappa shape index (κ3) is 4.06. The molecule has 2 aliphatic heterocycles. The van der Waals surface area contributed by atoms with E-state index >= 15 is 0 Å². The van der Waals surface area contributed by atoms with Gasteiger partial charge in [0.2, 0.25) is 0 Å². The Morgan fingerprint density at radius 2 is 1.43 bits per heavy atom. The van der Waals surface area contributed by atoms with E-state index in [1.165, 1.54) is 11.3 Å². The van der Waals surface area contributed by atoms with Gasteiger partial charge in [0, 0.05) is 45.3 Å². The van der Waals surface area contributed by atoms with Gasteiger partial charge in [-0.15, -0.1) is 0 Å². The predicted octanol–water partition coefficient (Wildman–Crippen LogP) is 3.16. The van der Waals surface area contributed by atoms with Gasteiger partial charge in [0.25, 0.3) is 5.91 Å². The molecule has 2 saturated heterocycles. The van der Waals surface area contributed by atoms with Crippen molar-refractivity contribution in [2.24, 2.45) is 0 Å². The molecule has 160 valence electrons. The van der Waals surface area contributed by atoms with E-state index in [4.69, 9.17) is 0 Å². The van der Waals surface area contributed by atoms with E-state index in [0.29, 0.717) is 32.0 Å². The molecule has 0 N–H and O–H groups in total. The number of rotatable bonds is 3. The van der Waals surface area contributed by atoms with Gasteiger partial charge in [0.05, 0.1) is 5.56 Å². The maximum Gasteiger partial charge on any atom is 0.257 e. The van der Waals surface area contributed by atoms with Gasteiger partial charge >= 0.3 is 0 Å². The number of amides is 1. The molecule has 0 radical (unpaired) electrons. The number of piperidine rings is 1. The zero-order chi connectivity index (χ0) is 21.3. The summed E-state index contributed by atoms with van der Waals surface area (Å²) in [5.41, 5.74) is -0.451. The number of benzene rings is 1. The standard InChI is InChI=1S/C21H24F3N5O/c1-14-25-17(27-7-3-2-4-8-27)13-18(26-14)28-9-11-29(12-10-28)21(30)15-5-6-16(22)20(24)19(15)23/h5-6,13H,2-4,7-12H2,1H3. The van der Waals surface area contributed by atoms with Gasteiger partial charge in [-0.05, 0) is 38.3 Å². The van der Waals surface area contributed by atoms with Crippen molar-refractivity contribution in [3.63, 3.8) is 0 Å². The lowest BCUT2D eigenvalue weighted by Crippen LogP contribution is -2.49. The van der Waals surface area contributed by atoms with Crippen molar-refractivity contribution in [1.29, 1.82) is 0 Å². The van der Waals surface area contributed by atoms with Gasteiger partial charge in [0.1, 0.15) is 17.5 Å². The van der Waals surface area contributed by atoms with Crippen molar-refractivity contribution in [3.8, 4) is 0 Å². The smallest absolute Gasteiger partial charge is 0.257 e. The minimum atomic E-state index is -1.62. The van der Waals surface area contributed by atoms with Crippen LogP contribution in [0.3, 0.4) is 0 Å². The quantitative estimate of drug-likeness (QED) is 0.716. The first-order valence-corrected chi connectivity index (χ1v) is 10.2. The normalized spacial score (nSPS) is 17.4. The first-order chi connectivity index (χ1) is 14.4. The van der Waals surface area contributed by atoms with Crippen LogP contribution in [-0.4, -0.2) is 60.0 Å². The fourth-order valence-electron chi connectivity index (χ4n) is 3.98. The van der Waals surface area contributed by atoms with Crippen LogP contribution in [0.1, 0.15) is 35.4 Å². The Bertz CT molecular complexity index is 940. The minimum absolute atomic E-state index is 0.333. The molecule has 0 bridgehead atoms. The Hall–Kier alpha value is -2.84. The van der Waals surface area contributed by atoms with Gasteiger partial charge in [0.15, 0.2) is 17.5 Å². The van der Waals surface area contributed by atoms with E-state index in [2.05, 4.69) is 19.8 Å². The Morgan fingerprint density at radius 1 is 0.833 bits per heavy atom. The Balaban J connectivity index is 1.45. The van der Waals surface area contributed by atoms with Gasteiger partial charge in [-0.3, -0.25) is 4.79 Å². The molecule has 0 atom stereocenters. The number of aromatic nitrogens is 2. The number of nitrogens with zero attached hydrogens (tertiary/aromatic N) is 5. The third-order valence-corrected chi connectivity index (χ3v) is 5.65. The Kier molecular flexibility index (Phi) is 5.78. The molecule has 0 saturated carbocycles. The molecule has 0 aliphatic carbocycles. The number of aryl methyl sites for hydroxylation is 1. The number of piperazine rings is 1. The number of carbonyl (C=O) groups is 1. The van der Waals surface area contributed by atoms with E-state index in [0.717, 1.165) is 49.7 Å². The zero-order valence-corrected chi connectivity index (χ0v) is 16.9. The van der Waals surface area contributed by atoms with Crippen molar-refractivity contribution >= 4 is 17.5 Å². The Morgan fingerprint density at radius 3 is 2.07 bits per heavy atom. The summed E-state index contributed by atoms with van der Waals surface area (Å²) in [5, 5.41) is 0. The van der Waals surface area contributed by atoms with E-state index in [1.807, 2.05) is 13.0 Å². The molecule has 30 heavy (non-hydrogen) atoms. The molecule has 1 aromatic heterocycles. The maximum absolute atomic E-state index is 14.0. The van der Waals surface area contributed by atoms with Crippen LogP contribution in [-0.2, 0) is 0 Å². The van der Waals surface area contributed by atoms with Crippen molar-refractivity contribution in [2.45, 2.75) is 26.2 Å². The summed E-state index contributed by atoms with van der Waals surface area (Å²) in [4.78, 5) is 27.5. The monoisotopic (exact) mass is 419 g/mol.